The molecule has 3 aliphatic heterocycles. The van der Waals surface area contributed by atoms with Crippen molar-refractivity contribution in [2.24, 2.45) is 0 Å². The Kier molecular flexibility index (Phi) is 21.9. The SMILES string of the molecule is C=CCO[C@@H]1O[C@H](C(=O)OCc2ccccc2)[C@H](O[C@@H]2O[C@@H](C)[C@H](OCc3ccccc3)[C@@H](OCc3ccccc3)[C@H]2O[C@@H]2O[C@@H](C)[C@H](OCc3ccccc3)[C@@H](O)[C@H]2OC(C)=O)[C@H](OCc2ccccc2)[C@H]1OCc1ccccc1. The van der Waals surface area contributed by atoms with Gasteiger partial charge in [-0.05, 0) is 47.2 Å². The number of ether oxygens (including phenoxy) is 13. The monoisotopic (exact) mass is 1110 g/mol. The van der Waals surface area contributed by atoms with Crippen molar-refractivity contribution in [2.75, 3.05) is 6.61 Å². The molecule has 3 aliphatic rings. The third-order valence-corrected chi connectivity index (χ3v) is 14.1. The second-order valence-corrected chi connectivity index (χ2v) is 20.1. The number of aliphatic hydroxyl groups is 1. The van der Waals surface area contributed by atoms with E-state index in [9.17, 15) is 14.7 Å². The molecule has 0 bridgehead atoms. The molecule has 0 aromatic heterocycles. The van der Waals surface area contributed by atoms with E-state index in [1.807, 2.05) is 189 Å². The quantitative estimate of drug-likeness (QED) is 0.0402. The van der Waals surface area contributed by atoms with Crippen LogP contribution in [0.25, 0.3) is 0 Å². The van der Waals surface area contributed by atoms with Crippen molar-refractivity contribution in [1.29, 1.82) is 0 Å². The maximum atomic E-state index is 15.0. The second kappa shape index (κ2) is 30.0. The number of benzene rings is 6. The van der Waals surface area contributed by atoms with Crippen molar-refractivity contribution in [3.63, 3.8) is 0 Å². The molecule has 6 aromatic carbocycles. The third-order valence-electron chi connectivity index (χ3n) is 14.1. The summed E-state index contributed by atoms with van der Waals surface area (Å²) in [5, 5.41) is 12.2. The molecule has 9 rings (SSSR count). The molecular formula is C65H72O16. The standard InChI is InChI=1S/C65H72O16/c1-5-36-69-63-60(74-41-50-32-20-10-21-33-50)57(73-40-49-30-18-9-19-31-49)58(59(80-63)62(68)75-42-51-34-22-11-23-35-51)79-65-61(81-64-55(78-45(4)66)52(67)53(43(2)76-64)70-37-46-24-12-6-13-25-46)56(72-39-48-28-16-8-17-29-48)54(44(3)77-65)71-38-47-26-14-7-15-27-47/h5-35,43-44,52-61,63-65,67H,1,36-42H2,2-4H3/t43-,44-,52+,53-,54-,55+,56+,57-,58+,59-,60+,61+,63+,64-,65-/m0/s1. The predicted molar refractivity (Wildman–Crippen MR) is 296 cm³/mol. The minimum Gasteiger partial charge on any atom is -0.459 e. The minimum atomic E-state index is -1.56. The first-order valence-electron chi connectivity index (χ1n) is 27.4. The van der Waals surface area contributed by atoms with Crippen LogP contribution in [0.1, 0.15) is 54.2 Å². The van der Waals surface area contributed by atoms with E-state index < -0.39 is 104 Å². The summed E-state index contributed by atoms with van der Waals surface area (Å²) in [5.74, 6) is -1.50. The Morgan fingerprint density at radius 3 is 1.22 bits per heavy atom. The van der Waals surface area contributed by atoms with E-state index >= 15 is 0 Å². The van der Waals surface area contributed by atoms with Gasteiger partial charge in [0.15, 0.2) is 31.1 Å². The molecule has 16 nitrogen and oxygen atoms in total. The Morgan fingerprint density at radius 1 is 0.432 bits per heavy atom. The Balaban J connectivity index is 1.13. The van der Waals surface area contributed by atoms with Crippen molar-refractivity contribution in [2.45, 2.75) is 153 Å². The molecular weight excluding hydrogens is 1040 g/mol. The van der Waals surface area contributed by atoms with Crippen LogP contribution in [0.3, 0.4) is 0 Å². The summed E-state index contributed by atoms with van der Waals surface area (Å²) in [6.45, 7) is 9.11. The molecule has 1 N–H and O–H groups in total. The number of rotatable bonds is 26. The normalized spacial score (nSPS) is 28.4. The first-order valence-corrected chi connectivity index (χ1v) is 27.4. The second-order valence-electron chi connectivity index (χ2n) is 20.1. The summed E-state index contributed by atoms with van der Waals surface area (Å²) in [7, 11) is 0. The summed E-state index contributed by atoms with van der Waals surface area (Å²) < 4.78 is 86.9. The van der Waals surface area contributed by atoms with Crippen LogP contribution >= 0.6 is 0 Å². The summed E-state index contributed by atoms with van der Waals surface area (Å²) in [4.78, 5) is 28.0. The van der Waals surface area contributed by atoms with Crippen LogP contribution in [-0.2, 0) is 111 Å². The highest BCUT2D eigenvalue weighted by Crippen LogP contribution is 2.39. The van der Waals surface area contributed by atoms with Crippen LogP contribution in [0.2, 0.25) is 0 Å². The van der Waals surface area contributed by atoms with E-state index in [1.54, 1.807) is 13.0 Å². The van der Waals surface area contributed by atoms with E-state index in [-0.39, 0.29) is 46.2 Å². The molecule has 81 heavy (non-hydrogen) atoms. The molecule has 0 radical (unpaired) electrons. The fourth-order valence-electron chi connectivity index (χ4n) is 10.1. The highest BCUT2D eigenvalue weighted by atomic mass is 16.8. The lowest BCUT2D eigenvalue weighted by Gasteiger charge is -2.51. The van der Waals surface area contributed by atoms with E-state index in [0.29, 0.717) is 0 Å². The van der Waals surface area contributed by atoms with Crippen molar-refractivity contribution in [3.05, 3.63) is 228 Å². The van der Waals surface area contributed by atoms with Gasteiger partial charge in [0.2, 0.25) is 0 Å². The van der Waals surface area contributed by atoms with Gasteiger partial charge in [0.1, 0.15) is 55.4 Å². The molecule has 3 fully saturated rings. The van der Waals surface area contributed by atoms with Gasteiger partial charge in [-0.3, -0.25) is 4.79 Å². The summed E-state index contributed by atoms with van der Waals surface area (Å²) in [5.41, 5.74) is 4.98. The van der Waals surface area contributed by atoms with Crippen LogP contribution in [0.15, 0.2) is 195 Å². The molecule has 6 aromatic rings. The number of aliphatic hydroxyl groups excluding tert-OH is 1. The lowest BCUT2D eigenvalue weighted by molar-refractivity contribution is -0.392. The molecule has 3 saturated heterocycles. The average molecular weight is 1110 g/mol. The van der Waals surface area contributed by atoms with Crippen molar-refractivity contribution in [1.82, 2.24) is 0 Å². The lowest BCUT2D eigenvalue weighted by atomic mass is 9.95. The van der Waals surface area contributed by atoms with Gasteiger partial charge >= 0.3 is 11.9 Å². The minimum absolute atomic E-state index is 0.0237. The Morgan fingerprint density at radius 2 is 0.790 bits per heavy atom. The lowest BCUT2D eigenvalue weighted by Crippen LogP contribution is -2.68. The molecule has 0 spiro atoms. The predicted octanol–water partition coefficient (Wildman–Crippen LogP) is 9.14. The first kappa shape index (κ1) is 59.2. The van der Waals surface area contributed by atoms with Gasteiger partial charge in [-0.1, -0.05) is 188 Å². The fourth-order valence-corrected chi connectivity index (χ4v) is 10.1. The summed E-state index contributed by atoms with van der Waals surface area (Å²) >= 11 is 0. The zero-order chi connectivity index (χ0) is 56.3. The first-order chi connectivity index (χ1) is 39.6. The maximum Gasteiger partial charge on any atom is 0.338 e. The highest BCUT2D eigenvalue weighted by Gasteiger charge is 2.58. The van der Waals surface area contributed by atoms with Gasteiger partial charge in [-0.25, -0.2) is 4.79 Å². The van der Waals surface area contributed by atoms with Gasteiger partial charge in [-0.15, -0.1) is 6.58 Å². The van der Waals surface area contributed by atoms with Crippen molar-refractivity contribution >= 4 is 11.9 Å². The zero-order valence-electron chi connectivity index (χ0n) is 45.8. The third kappa shape index (κ3) is 16.4. The van der Waals surface area contributed by atoms with Gasteiger partial charge in [0.25, 0.3) is 0 Å². The van der Waals surface area contributed by atoms with Gasteiger partial charge in [0.05, 0.1) is 51.8 Å². The molecule has 428 valence electrons. The summed E-state index contributed by atoms with van der Waals surface area (Å²) in [6.07, 6.45) is -16.6. The maximum absolute atomic E-state index is 15.0. The largest absolute Gasteiger partial charge is 0.459 e. The van der Waals surface area contributed by atoms with Gasteiger partial charge in [0, 0.05) is 6.92 Å². The zero-order valence-corrected chi connectivity index (χ0v) is 45.8. The molecule has 0 aliphatic carbocycles. The smallest absolute Gasteiger partial charge is 0.338 e. The van der Waals surface area contributed by atoms with Crippen LogP contribution in [0, 0.1) is 0 Å². The number of carbonyl (C=O) groups is 2. The average Bonchev–Trinajstić information content (AvgIpc) is 3.50. The number of carbonyl (C=O) groups excluding carboxylic acids is 2. The molecule has 3 heterocycles. The van der Waals surface area contributed by atoms with Crippen LogP contribution < -0.4 is 0 Å². The van der Waals surface area contributed by atoms with E-state index in [1.165, 1.54) is 6.92 Å². The summed E-state index contributed by atoms with van der Waals surface area (Å²) in [6, 6.07) is 57.1. The molecule has 0 amide bonds. The topological polar surface area (TPSA) is 174 Å². The Labute approximate surface area is 473 Å². The Hall–Kier alpha value is -6.48. The number of hydrogen-bond acceptors (Lipinski definition) is 16. The van der Waals surface area contributed by atoms with Gasteiger partial charge in [-0.2, -0.15) is 0 Å². The Bertz CT molecular complexity index is 2800. The van der Waals surface area contributed by atoms with E-state index in [0.717, 1.165) is 33.4 Å². The molecule has 0 saturated carbocycles. The van der Waals surface area contributed by atoms with Gasteiger partial charge < -0.3 is 66.7 Å². The molecule has 16 heteroatoms. The highest BCUT2D eigenvalue weighted by molar-refractivity contribution is 5.76. The van der Waals surface area contributed by atoms with E-state index in [4.69, 9.17) is 61.6 Å². The number of hydrogen-bond donors (Lipinski definition) is 1. The van der Waals surface area contributed by atoms with Crippen molar-refractivity contribution in [3.8, 4) is 0 Å². The fraction of sp³-hybridized carbons (Fsp3) is 0.385. The number of esters is 2. The molecule has 0 unspecified atom stereocenters. The van der Waals surface area contributed by atoms with E-state index in [2.05, 4.69) is 6.58 Å². The van der Waals surface area contributed by atoms with Crippen molar-refractivity contribution < 1.29 is 76.3 Å². The molecule has 15 atom stereocenters. The van der Waals surface area contributed by atoms with Crippen LogP contribution in [0.5, 0.6) is 0 Å². The van der Waals surface area contributed by atoms with Crippen LogP contribution in [-0.4, -0.2) is 116 Å². The van der Waals surface area contributed by atoms with Crippen LogP contribution in [0.4, 0.5) is 0 Å².